The predicted molar refractivity (Wildman–Crippen MR) is 118 cm³/mol. The molecule has 0 aliphatic heterocycles. The van der Waals surface area contributed by atoms with Crippen LogP contribution in [0.1, 0.15) is 0 Å². The number of nitrogens with zero attached hydrogens (tertiary/aromatic N) is 7. The summed E-state index contributed by atoms with van der Waals surface area (Å²) < 4.78 is 65.5. The highest BCUT2D eigenvalue weighted by atomic mass is 32.2. The number of carboxylic acids is 1. The topological polar surface area (TPSA) is 256 Å². The van der Waals surface area contributed by atoms with Gasteiger partial charge in [0.2, 0.25) is 0 Å². The van der Waals surface area contributed by atoms with Gasteiger partial charge in [-0.05, 0) is 20.9 Å². The molecule has 2 heterocycles. The Kier molecular flexibility index (Phi) is 11.1. The molecule has 0 saturated carbocycles. The average Bonchev–Trinajstić information content (AvgIpc) is 3.22. The van der Waals surface area contributed by atoms with Crippen molar-refractivity contribution in [1.82, 2.24) is 40.0 Å². The minimum absolute atomic E-state index is 0.500. The van der Waals surface area contributed by atoms with Gasteiger partial charge >= 0.3 is 17.3 Å². The molecule has 0 bridgehead atoms. The quantitative estimate of drug-likeness (QED) is 0.335. The number of carbonyl (C=O) groups is 1. The molecule has 0 aliphatic rings. The first-order chi connectivity index (χ1) is 15.3. The summed E-state index contributed by atoms with van der Waals surface area (Å²) in [6.07, 6.45) is 5.59. The van der Waals surface area contributed by atoms with Gasteiger partial charge in [-0.15, -0.1) is 0 Å². The number of tetrazole rings is 2. The van der Waals surface area contributed by atoms with E-state index in [1.54, 1.807) is 0 Å². The molecule has 0 saturated heterocycles. The third kappa shape index (κ3) is 15.1. The summed E-state index contributed by atoms with van der Waals surface area (Å²) in [6, 6.07) is 0. The van der Waals surface area contributed by atoms with Gasteiger partial charge in [-0.2, -0.15) is 14.0 Å². The highest BCUT2D eigenvalue weighted by Crippen LogP contribution is 1.86. The van der Waals surface area contributed by atoms with E-state index in [2.05, 4.69) is 20.9 Å². The summed E-state index contributed by atoms with van der Waals surface area (Å²) >= 11 is 0. The number of H-pyrrole nitrogens is 1. The Morgan fingerprint density at radius 2 is 1.29 bits per heavy atom. The Hall–Kier alpha value is -3.72. The lowest BCUT2D eigenvalue weighted by atomic mass is 10.7. The second-order valence-corrected chi connectivity index (χ2v) is 11.8. The zero-order valence-corrected chi connectivity index (χ0v) is 20.4. The molecule has 0 aromatic carbocycles. The molecule has 34 heavy (non-hydrogen) atoms. The van der Waals surface area contributed by atoms with Crippen LogP contribution in [-0.2, 0) is 41.4 Å². The SMILES string of the molecule is CS(=O)(=O)/C=C/C(=O)O.CS(=O)(=O)/C=C/n1nn[nH]c1=O.Cn1nnn(/C=C/S(C)(=O)=O)c1=O. The number of hydrogen-bond donors (Lipinski definition) is 2. The van der Waals surface area contributed by atoms with Crippen LogP contribution < -0.4 is 11.4 Å². The Labute approximate surface area is 192 Å². The summed E-state index contributed by atoms with van der Waals surface area (Å²) in [5, 5.41) is 25.5. The number of hydrogen-bond acceptors (Lipinski definition) is 13. The van der Waals surface area contributed by atoms with Gasteiger partial charge in [-0.25, -0.2) is 44.7 Å². The first-order valence-electron chi connectivity index (χ1n) is 8.16. The van der Waals surface area contributed by atoms with Crippen molar-refractivity contribution in [3.63, 3.8) is 0 Å². The van der Waals surface area contributed by atoms with Crippen molar-refractivity contribution >= 4 is 47.9 Å². The predicted octanol–water partition coefficient (Wildman–Crippen LogP) is -3.48. The van der Waals surface area contributed by atoms with Crippen molar-refractivity contribution in [3.8, 4) is 0 Å². The average molecular weight is 545 g/mol. The van der Waals surface area contributed by atoms with Crippen molar-refractivity contribution in [1.29, 1.82) is 0 Å². The first-order valence-corrected chi connectivity index (χ1v) is 14.0. The van der Waals surface area contributed by atoms with E-state index in [9.17, 15) is 39.6 Å². The standard InChI is InChI=1S/C5H8N4O3S.C4H6N4O3S.C4H6O4S/c1-8-5(10)9(7-6-8)3-4-13(2,11)12;1-12(10,11)3-2-8-4(9)5-6-7-8;1-9(7,8)3-2-4(5)6/h3-4H,1-2H3;2-3H,1H3,(H,5,7,9);2-3H,1H3,(H,5,6)/b4-3+;2*3-2+. The van der Waals surface area contributed by atoms with E-state index in [0.717, 1.165) is 56.0 Å². The highest BCUT2D eigenvalue weighted by Gasteiger charge is 2.00. The van der Waals surface area contributed by atoms with Gasteiger partial charge in [0.15, 0.2) is 29.5 Å². The smallest absolute Gasteiger partial charge is 0.367 e. The van der Waals surface area contributed by atoms with E-state index in [-0.39, 0.29) is 0 Å². The zero-order valence-electron chi connectivity index (χ0n) is 17.9. The third-order valence-electron chi connectivity index (χ3n) is 2.59. The lowest BCUT2D eigenvalue weighted by Crippen LogP contribution is -2.19. The van der Waals surface area contributed by atoms with Crippen molar-refractivity contribution in [2.45, 2.75) is 0 Å². The molecular weight excluding hydrogens is 524 g/mol. The van der Waals surface area contributed by atoms with Crippen LogP contribution in [0.3, 0.4) is 0 Å². The molecule has 18 nitrogen and oxygen atoms in total. The number of rotatable bonds is 6. The fraction of sp³-hybridized carbons (Fsp3) is 0.308. The van der Waals surface area contributed by atoms with Crippen LogP contribution in [0.4, 0.5) is 0 Å². The van der Waals surface area contributed by atoms with Crippen molar-refractivity contribution in [2.24, 2.45) is 7.05 Å². The Balaban J connectivity index is 0.000000490. The normalized spacial score (nSPS) is 12.4. The summed E-state index contributed by atoms with van der Waals surface area (Å²) in [5.41, 5.74) is -1.09. The van der Waals surface area contributed by atoms with Gasteiger partial charge in [0.1, 0.15) is 0 Å². The number of sulfone groups is 3. The molecule has 190 valence electrons. The maximum atomic E-state index is 11.0. The van der Waals surface area contributed by atoms with Crippen molar-refractivity contribution < 1.29 is 35.2 Å². The second kappa shape index (κ2) is 12.5. The summed E-state index contributed by atoms with van der Waals surface area (Å²) in [4.78, 5) is 31.4. The van der Waals surface area contributed by atoms with Crippen molar-refractivity contribution in [2.75, 3.05) is 18.8 Å². The van der Waals surface area contributed by atoms with Gasteiger partial charge in [-0.1, -0.05) is 0 Å². The number of nitrogens with one attached hydrogen (secondary N) is 1. The summed E-state index contributed by atoms with van der Waals surface area (Å²) in [7, 11) is -8.35. The molecule has 21 heteroatoms. The molecule has 2 aromatic heterocycles. The van der Waals surface area contributed by atoms with Crippen LogP contribution >= 0.6 is 0 Å². The fourth-order valence-corrected chi connectivity index (χ4v) is 2.28. The maximum absolute atomic E-state index is 11.0. The van der Waals surface area contributed by atoms with E-state index in [0.29, 0.717) is 11.5 Å². The van der Waals surface area contributed by atoms with Crippen LogP contribution in [0.2, 0.25) is 0 Å². The largest absolute Gasteiger partial charge is 0.478 e. The minimum atomic E-state index is -3.28. The monoisotopic (exact) mass is 544 g/mol. The number of aliphatic carboxylic acids is 1. The lowest BCUT2D eigenvalue weighted by molar-refractivity contribution is -0.131. The summed E-state index contributed by atoms with van der Waals surface area (Å²) in [6.45, 7) is 0. The molecule has 2 N–H and O–H groups in total. The van der Waals surface area contributed by atoms with Crippen LogP contribution in [0.25, 0.3) is 12.4 Å². The first kappa shape index (κ1) is 30.3. The minimum Gasteiger partial charge on any atom is -0.478 e. The highest BCUT2D eigenvalue weighted by molar-refractivity contribution is 7.94. The van der Waals surface area contributed by atoms with E-state index < -0.39 is 46.9 Å². The number of carboxylic acid groups (broad SMARTS) is 1. The molecule has 0 spiro atoms. The van der Waals surface area contributed by atoms with Gasteiger partial charge in [0, 0.05) is 60.5 Å². The van der Waals surface area contributed by atoms with Gasteiger partial charge in [-0.3, -0.25) is 0 Å². The molecular formula is C13H20N8O10S3. The number of aryl methyl sites for hydroxylation is 1. The molecule has 2 rings (SSSR count). The fourth-order valence-electron chi connectivity index (χ4n) is 1.24. The molecule has 2 aromatic rings. The van der Waals surface area contributed by atoms with E-state index in [1.807, 2.05) is 5.10 Å². The Bertz CT molecular complexity index is 1500. The maximum Gasteiger partial charge on any atom is 0.367 e. The van der Waals surface area contributed by atoms with E-state index in [4.69, 9.17) is 5.11 Å². The molecule has 0 amide bonds. The van der Waals surface area contributed by atoms with Crippen LogP contribution in [0.5, 0.6) is 0 Å². The Morgan fingerprint density at radius 1 is 0.824 bits per heavy atom. The van der Waals surface area contributed by atoms with Gasteiger partial charge in [0.25, 0.3) is 0 Å². The van der Waals surface area contributed by atoms with E-state index >= 15 is 0 Å². The van der Waals surface area contributed by atoms with Crippen LogP contribution in [-0.4, -0.2) is 95.1 Å². The molecule has 0 atom stereocenters. The third-order valence-corrected chi connectivity index (χ3v) is 4.46. The zero-order chi connectivity index (χ0) is 26.7. The number of aromatic amines is 1. The van der Waals surface area contributed by atoms with Gasteiger partial charge < -0.3 is 5.11 Å². The van der Waals surface area contributed by atoms with E-state index in [1.165, 1.54) is 7.05 Å². The molecule has 0 radical (unpaired) electrons. The second-order valence-electron chi connectivity index (χ2n) is 5.98. The number of aromatic nitrogens is 8. The molecule has 0 aliphatic carbocycles. The molecule has 0 unspecified atom stereocenters. The summed E-state index contributed by atoms with van der Waals surface area (Å²) in [5.74, 6) is -1.26. The van der Waals surface area contributed by atoms with Crippen molar-refractivity contribution in [3.05, 3.63) is 43.3 Å². The Morgan fingerprint density at radius 3 is 1.59 bits per heavy atom. The van der Waals surface area contributed by atoms with Crippen LogP contribution in [0, 0.1) is 0 Å². The van der Waals surface area contributed by atoms with Crippen LogP contribution in [0.15, 0.2) is 31.9 Å². The van der Waals surface area contributed by atoms with Gasteiger partial charge in [0.05, 0.1) is 0 Å². The molecule has 0 fully saturated rings. The lowest BCUT2D eigenvalue weighted by Gasteiger charge is -1.85.